The zero-order valence-electron chi connectivity index (χ0n) is 16.7. The van der Waals surface area contributed by atoms with E-state index in [2.05, 4.69) is 0 Å². The van der Waals surface area contributed by atoms with Crippen LogP contribution in [0.15, 0.2) is 77.7 Å². The lowest BCUT2D eigenvalue weighted by molar-refractivity contribution is 0.0694. The van der Waals surface area contributed by atoms with Crippen LogP contribution >= 0.6 is 23.2 Å². The van der Waals surface area contributed by atoms with Crippen molar-refractivity contribution in [2.75, 3.05) is 0 Å². The van der Waals surface area contributed by atoms with E-state index in [9.17, 15) is 14.7 Å². The number of carboxylic acids is 1. The molecular formula is C25H19Cl2NO3. The average Bonchev–Trinajstić information content (AvgIpc) is 2.77. The zero-order valence-corrected chi connectivity index (χ0v) is 18.2. The molecule has 0 aliphatic rings. The standard InChI is InChI=1S/C25H19Cl2NO3/c1-15(17-6-3-2-4-7-17)28-14-20(25(30)31)24(29)19-13-16(10-11-22(19)28)12-18-8-5-9-21(26)23(18)27/h2-11,13-15H,12H2,1H3,(H,30,31). The number of nitrogens with zero attached hydrogens (tertiary/aromatic N) is 1. The minimum Gasteiger partial charge on any atom is -0.477 e. The first kappa shape index (κ1) is 21.2. The van der Waals surface area contributed by atoms with E-state index in [0.717, 1.165) is 16.7 Å². The highest BCUT2D eigenvalue weighted by Gasteiger charge is 2.18. The van der Waals surface area contributed by atoms with Gasteiger partial charge in [-0.25, -0.2) is 4.79 Å². The summed E-state index contributed by atoms with van der Waals surface area (Å²) in [5, 5.41) is 10.9. The molecule has 0 fully saturated rings. The number of rotatable bonds is 5. The zero-order chi connectivity index (χ0) is 22.1. The van der Waals surface area contributed by atoms with Crippen molar-refractivity contribution in [3.63, 3.8) is 0 Å². The van der Waals surface area contributed by atoms with Crippen LogP contribution in [0.25, 0.3) is 10.9 Å². The first-order valence-electron chi connectivity index (χ1n) is 9.75. The highest BCUT2D eigenvalue weighted by atomic mass is 35.5. The third-order valence-electron chi connectivity index (χ3n) is 5.45. The fraction of sp³-hybridized carbons (Fsp3) is 0.120. The molecule has 1 unspecified atom stereocenters. The summed E-state index contributed by atoms with van der Waals surface area (Å²) in [5.74, 6) is -1.25. The Morgan fingerprint density at radius 1 is 1.03 bits per heavy atom. The van der Waals surface area contributed by atoms with Crippen molar-refractivity contribution in [2.24, 2.45) is 0 Å². The fourth-order valence-electron chi connectivity index (χ4n) is 3.78. The van der Waals surface area contributed by atoms with Crippen LogP contribution in [0.1, 0.15) is 40.0 Å². The Kier molecular flexibility index (Phi) is 5.86. The van der Waals surface area contributed by atoms with Gasteiger partial charge < -0.3 is 9.67 Å². The quantitative estimate of drug-likeness (QED) is 0.392. The SMILES string of the molecule is CC(c1ccccc1)n1cc(C(=O)O)c(=O)c2cc(Cc3cccc(Cl)c3Cl)ccc21. The number of aromatic carboxylic acids is 1. The van der Waals surface area contributed by atoms with E-state index >= 15 is 0 Å². The van der Waals surface area contributed by atoms with Gasteiger partial charge in [0.25, 0.3) is 0 Å². The Morgan fingerprint density at radius 2 is 1.77 bits per heavy atom. The third-order valence-corrected chi connectivity index (χ3v) is 6.31. The number of carboxylic acid groups (broad SMARTS) is 1. The van der Waals surface area contributed by atoms with Gasteiger partial charge in [-0.15, -0.1) is 0 Å². The van der Waals surface area contributed by atoms with E-state index in [1.165, 1.54) is 6.20 Å². The molecule has 0 bridgehead atoms. The summed E-state index contributed by atoms with van der Waals surface area (Å²) in [6.07, 6.45) is 1.90. The third kappa shape index (κ3) is 4.09. The number of carbonyl (C=O) groups is 1. The van der Waals surface area contributed by atoms with Crippen LogP contribution in [0.5, 0.6) is 0 Å². The largest absolute Gasteiger partial charge is 0.477 e. The monoisotopic (exact) mass is 451 g/mol. The molecule has 31 heavy (non-hydrogen) atoms. The summed E-state index contributed by atoms with van der Waals surface area (Å²) in [7, 11) is 0. The van der Waals surface area contributed by atoms with E-state index in [-0.39, 0.29) is 11.6 Å². The van der Waals surface area contributed by atoms with Crippen molar-refractivity contribution in [1.82, 2.24) is 4.57 Å². The van der Waals surface area contributed by atoms with Crippen LogP contribution < -0.4 is 5.43 Å². The molecule has 1 heterocycles. The van der Waals surface area contributed by atoms with Gasteiger partial charge in [0.2, 0.25) is 5.43 Å². The van der Waals surface area contributed by atoms with E-state index in [1.807, 2.05) is 66.1 Å². The summed E-state index contributed by atoms with van der Waals surface area (Å²) >= 11 is 12.4. The molecule has 0 amide bonds. The van der Waals surface area contributed by atoms with Gasteiger partial charge in [-0.2, -0.15) is 0 Å². The molecule has 4 aromatic rings. The second kappa shape index (κ2) is 8.58. The van der Waals surface area contributed by atoms with Crippen molar-refractivity contribution in [3.05, 3.63) is 115 Å². The second-order valence-electron chi connectivity index (χ2n) is 7.41. The minimum atomic E-state index is -1.25. The number of halogens is 2. The Bertz CT molecular complexity index is 1350. The maximum atomic E-state index is 13.0. The van der Waals surface area contributed by atoms with Crippen LogP contribution in [0.4, 0.5) is 0 Å². The molecular weight excluding hydrogens is 433 g/mol. The Labute approximate surface area is 189 Å². The van der Waals surface area contributed by atoms with Crippen LogP contribution in [-0.2, 0) is 6.42 Å². The fourth-order valence-corrected chi connectivity index (χ4v) is 4.17. The average molecular weight is 452 g/mol. The van der Waals surface area contributed by atoms with Gasteiger partial charge in [0, 0.05) is 11.6 Å². The van der Waals surface area contributed by atoms with Gasteiger partial charge in [0.15, 0.2) is 0 Å². The first-order valence-corrected chi connectivity index (χ1v) is 10.5. The summed E-state index contributed by atoms with van der Waals surface area (Å²) < 4.78 is 1.84. The number of benzene rings is 3. The number of pyridine rings is 1. The lowest BCUT2D eigenvalue weighted by atomic mass is 10.0. The van der Waals surface area contributed by atoms with Gasteiger partial charge in [0.05, 0.1) is 21.6 Å². The van der Waals surface area contributed by atoms with Crippen LogP contribution in [-0.4, -0.2) is 15.6 Å². The number of hydrogen-bond acceptors (Lipinski definition) is 2. The number of fused-ring (bicyclic) bond motifs is 1. The van der Waals surface area contributed by atoms with E-state index in [0.29, 0.717) is 27.4 Å². The maximum absolute atomic E-state index is 13.0. The Hall–Kier alpha value is -3.08. The number of hydrogen-bond donors (Lipinski definition) is 1. The Morgan fingerprint density at radius 3 is 2.48 bits per heavy atom. The maximum Gasteiger partial charge on any atom is 0.341 e. The van der Waals surface area contributed by atoms with Crippen molar-refractivity contribution in [2.45, 2.75) is 19.4 Å². The molecule has 3 aromatic carbocycles. The van der Waals surface area contributed by atoms with Gasteiger partial charge in [0.1, 0.15) is 5.56 Å². The summed E-state index contributed by atoms with van der Waals surface area (Å²) in [6, 6.07) is 20.5. The molecule has 4 nitrogen and oxygen atoms in total. The molecule has 0 saturated heterocycles. The van der Waals surface area contributed by atoms with Crippen LogP contribution in [0.3, 0.4) is 0 Å². The van der Waals surface area contributed by atoms with Crippen molar-refractivity contribution >= 4 is 40.1 Å². The van der Waals surface area contributed by atoms with E-state index in [4.69, 9.17) is 23.2 Å². The highest BCUT2D eigenvalue weighted by molar-refractivity contribution is 6.42. The van der Waals surface area contributed by atoms with E-state index in [1.54, 1.807) is 12.1 Å². The molecule has 1 atom stereocenters. The van der Waals surface area contributed by atoms with E-state index < -0.39 is 11.4 Å². The molecule has 6 heteroatoms. The highest BCUT2D eigenvalue weighted by Crippen LogP contribution is 2.29. The lowest BCUT2D eigenvalue weighted by Crippen LogP contribution is -2.21. The van der Waals surface area contributed by atoms with Crippen molar-refractivity contribution in [1.29, 1.82) is 0 Å². The predicted octanol–water partition coefficient (Wildman–Crippen LogP) is 6.21. The second-order valence-corrected chi connectivity index (χ2v) is 8.20. The topological polar surface area (TPSA) is 59.3 Å². The molecule has 4 rings (SSSR count). The molecule has 1 aromatic heterocycles. The summed E-state index contributed by atoms with van der Waals surface area (Å²) in [4.78, 5) is 24.8. The molecule has 0 saturated carbocycles. The van der Waals surface area contributed by atoms with Crippen molar-refractivity contribution < 1.29 is 9.90 Å². The van der Waals surface area contributed by atoms with Gasteiger partial charge in [-0.1, -0.05) is 71.7 Å². The van der Waals surface area contributed by atoms with Crippen LogP contribution in [0.2, 0.25) is 10.0 Å². The molecule has 0 aliphatic carbocycles. The molecule has 0 spiro atoms. The summed E-state index contributed by atoms with van der Waals surface area (Å²) in [6.45, 7) is 1.98. The molecule has 156 valence electrons. The van der Waals surface area contributed by atoms with Gasteiger partial charge in [-0.05, 0) is 48.2 Å². The lowest BCUT2D eigenvalue weighted by Gasteiger charge is -2.20. The van der Waals surface area contributed by atoms with Crippen molar-refractivity contribution in [3.8, 4) is 0 Å². The van der Waals surface area contributed by atoms with Gasteiger partial charge in [-0.3, -0.25) is 4.79 Å². The molecule has 0 aliphatic heterocycles. The van der Waals surface area contributed by atoms with Gasteiger partial charge >= 0.3 is 5.97 Å². The molecule has 0 radical (unpaired) electrons. The number of aromatic nitrogens is 1. The Balaban J connectivity index is 1.88. The minimum absolute atomic E-state index is 0.157. The molecule has 1 N–H and O–H groups in total. The smallest absolute Gasteiger partial charge is 0.341 e. The first-order chi connectivity index (χ1) is 14.9. The predicted molar refractivity (Wildman–Crippen MR) is 125 cm³/mol. The van der Waals surface area contributed by atoms with Crippen LogP contribution in [0, 0.1) is 0 Å². The normalized spacial score (nSPS) is 12.1. The summed E-state index contributed by atoms with van der Waals surface area (Å²) in [5.41, 5.74) is 2.60.